The van der Waals surface area contributed by atoms with Gasteiger partial charge in [0.1, 0.15) is 23.3 Å². The fraction of sp³-hybridized carbons (Fsp3) is 0.188. The zero-order valence-electron chi connectivity index (χ0n) is 11.0. The lowest BCUT2D eigenvalue weighted by atomic mass is 10.1. The zero-order valence-corrected chi connectivity index (χ0v) is 11.0. The Labute approximate surface area is 113 Å². The highest BCUT2D eigenvalue weighted by molar-refractivity contribution is 5.49. The van der Waals surface area contributed by atoms with Gasteiger partial charge in [0.2, 0.25) is 0 Å². The van der Waals surface area contributed by atoms with E-state index in [4.69, 9.17) is 14.7 Å². The highest BCUT2D eigenvalue weighted by Gasteiger charge is 2.07. The molecule has 0 aliphatic carbocycles. The van der Waals surface area contributed by atoms with Crippen LogP contribution in [-0.2, 0) is 6.42 Å². The van der Waals surface area contributed by atoms with E-state index in [0.29, 0.717) is 17.1 Å². The first-order valence-electron chi connectivity index (χ1n) is 6.11. The van der Waals surface area contributed by atoms with Gasteiger partial charge in [-0.3, -0.25) is 0 Å². The average Bonchev–Trinajstić information content (AvgIpc) is 2.47. The monoisotopic (exact) mass is 253 g/mol. The number of nitriles is 1. The summed E-state index contributed by atoms with van der Waals surface area (Å²) in [5, 5.41) is 9.09. The molecule has 0 saturated heterocycles. The van der Waals surface area contributed by atoms with Gasteiger partial charge in [0, 0.05) is 6.07 Å². The Morgan fingerprint density at radius 1 is 1.11 bits per heavy atom. The number of hydrogen-bond donors (Lipinski definition) is 0. The maximum atomic E-state index is 9.09. The number of methoxy groups -OCH3 is 1. The molecule has 0 bridgehead atoms. The quantitative estimate of drug-likeness (QED) is 0.829. The molecule has 19 heavy (non-hydrogen) atoms. The predicted octanol–water partition coefficient (Wildman–Crippen LogP) is 3.92. The first kappa shape index (κ1) is 13.0. The number of rotatable bonds is 4. The smallest absolute Gasteiger partial charge is 0.148 e. The van der Waals surface area contributed by atoms with E-state index in [0.717, 1.165) is 12.2 Å². The summed E-state index contributed by atoms with van der Waals surface area (Å²) in [4.78, 5) is 0. The highest BCUT2D eigenvalue weighted by atomic mass is 16.5. The molecular weight excluding hydrogens is 238 g/mol. The molecule has 2 rings (SSSR count). The lowest BCUT2D eigenvalue weighted by Crippen LogP contribution is -1.91. The van der Waals surface area contributed by atoms with Crippen LogP contribution >= 0.6 is 0 Å². The van der Waals surface area contributed by atoms with Crippen molar-refractivity contribution in [3.05, 3.63) is 53.6 Å². The minimum Gasteiger partial charge on any atom is -0.497 e. The van der Waals surface area contributed by atoms with Crippen LogP contribution in [0.5, 0.6) is 17.2 Å². The Balaban J connectivity index is 2.33. The van der Waals surface area contributed by atoms with E-state index in [1.54, 1.807) is 25.3 Å². The van der Waals surface area contributed by atoms with Gasteiger partial charge in [-0.2, -0.15) is 5.26 Å². The van der Waals surface area contributed by atoms with Gasteiger partial charge >= 0.3 is 0 Å². The molecule has 2 aromatic carbocycles. The van der Waals surface area contributed by atoms with Crippen LogP contribution in [0.2, 0.25) is 0 Å². The number of benzene rings is 2. The van der Waals surface area contributed by atoms with Crippen molar-refractivity contribution in [3.8, 4) is 23.3 Å². The third kappa shape index (κ3) is 3.05. The van der Waals surface area contributed by atoms with Crippen LogP contribution in [0.4, 0.5) is 0 Å². The second-order valence-electron chi connectivity index (χ2n) is 4.08. The molecule has 3 heteroatoms. The van der Waals surface area contributed by atoms with E-state index in [9.17, 15) is 0 Å². The summed E-state index contributed by atoms with van der Waals surface area (Å²) in [7, 11) is 1.59. The third-order valence-corrected chi connectivity index (χ3v) is 2.84. The van der Waals surface area contributed by atoms with Gasteiger partial charge in [-0.1, -0.05) is 19.1 Å². The molecule has 0 aromatic heterocycles. The van der Waals surface area contributed by atoms with E-state index in [1.807, 2.05) is 24.3 Å². The summed E-state index contributed by atoms with van der Waals surface area (Å²) < 4.78 is 10.9. The van der Waals surface area contributed by atoms with Crippen LogP contribution in [0.3, 0.4) is 0 Å². The van der Waals surface area contributed by atoms with Crippen molar-refractivity contribution < 1.29 is 9.47 Å². The fourth-order valence-electron chi connectivity index (χ4n) is 1.76. The highest BCUT2D eigenvalue weighted by Crippen LogP contribution is 2.29. The number of nitrogens with zero attached hydrogens (tertiary/aromatic N) is 1. The molecule has 0 aliphatic heterocycles. The Morgan fingerprint density at radius 2 is 1.95 bits per heavy atom. The zero-order chi connectivity index (χ0) is 13.7. The first-order chi connectivity index (χ1) is 9.26. The van der Waals surface area contributed by atoms with E-state index in [-0.39, 0.29) is 0 Å². The largest absolute Gasteiger partial charge is 0.497 e. The second-order valence-corrected chi connectivity index (χ2v) is 4.08. The molecule has 0 N–H and O–H groups in total. The minimum absolute atomic E-state index is 0.489. The van der Waals surface area contributed by atoms with Crippen molar-refractivity contribution in [2.75, 3.05) is 7.11 Å². The van der Waals surface area contributed by atoms with Crippen molar-refractivity contribution in [1.82, 2.24) is 0 Å². The molecule has 0 spiro atoms. The molecule has 0 amide bonds. The Morgan fingerprint density at radius 3 is 2.63 bits per heavy atom. The summed E-state index contributed by atoms with van der Waals surface area (Å²) >= 11 is 0. The Bertz CT molecular complexity index is 614. The summed E-state index contributed by atoms with van der Waals surface area (Å²) in [6, 6.07) is 15.1. The lowest BCUT2D eigenvalue weighted by Gasteiger charge is -2.10. The SMILES string of the molecule is CCc1cccc(Oc2cc(OC)ccc2C#N)c1. The third-order valence-electron chi connectivity index (χ3n) is 2.84. The predicted molar refractivity (Wildman–Crippen MR) is 73.6 cm³/mol. The second kappa shape index (κ2) is 5.92. The van der Waals surface area contributed by atoms with E-state index < -0.39 is 0 Å². The summed E-state index contributed by atoms with van der Waals surface area (Å²) in [6.07, 6.45) is 0.945. The average molecular weight is 253 g/mol. The molecule has 0 aliphatic rings. The van der Waals surface area contributed by atoms with Gasteiger partial charge in [-0.05, 0) is 36.2 Å². The Hall–Kier alpha value is -2.47. The maximum Gasteiger partial charge on any atom is 0.148 e. The van der Waals surface area contributed by atoms with E-state index >= 15 is 0 Å². The molecular formula is C16H15NO2. The molecule has 0 heterocycles. The lowest BCUT2D eigenvalue weighted by molar-refractivity contribution is 0.408. The maximum absolute atomic E-state index is 9.09. The van der Waals surface area contributed by atoms with Crippen molar-refractivity contribution in [3.63, 3.8) is 0 Å². The molecule has 0 atom stereocenters. The minimum atomic E-state index is 0.489. The standard InChI is InChI=1S/C16H15NO2/c1-3-12-5-4-6-15(9-12)19-16-10-14(18-2)8-7-13(16)11-17/h4-10H,3H2,1-2H3. The molecule has 3 nitrogen and oxygen atoms in total. The number of aryl methyl sites for hydroxylation is 1. The molecule has 96 valence electrons. The normalized spacial score (nSPS) is 9.74. The fourth-order valence-corrected chi connectivity index (χ4v) is 1.76. The number of ether oxygens (including phenoxy) is 2. The van der Waals surface area contributed by atoms with Crippen molar-refractivity contribution >= 4 is 0 Å². The first-order valence-corrected chi connectivity index (χ1v) is 6.11. The van der Waals surface area contributed by atoms with Gasteiger partial charge in [-0.25, -0.2) is 0 Å². The van der Waals surface area contributed by atoms with E-state index in [2.05, 4.69) is 13.0 Å². The van der Waals surface area contributed by atoms with Gasteiger partial charge in [0.25, 0.3) is 0 Å². The van der Waals surface area contributed by atoms with Crippen LogP contribution < -0.4 is 9.47 Å². The van der Waals surface area contributed by atoms with Crippen LogP contribution in [0.15, 0.2) is 42.5 Å². The van der Waals surface area contributed by atoms with Gasteiger partial charge in [0.15, 0.2) is 0 Å². The summed E-state index contributed by atoms with van der Waals surface area (Å²) in [5.41, 5.74) is 1.68. The molecule has 0 fully saturated rings. The Kier molecular flexibility index (Phi) is 4.04. The van der Waals surface area contributed by atoms with Crippen LogP contribution in [0.25, 0.3) is 0 Å². The van der Waals surface area contributed by atoms with Gasteiger partial charge in [0.05, 0.1) is 12.7 Å². The van der Waals surface area contributed by atoms with E-state index in [1.165, 1.54) is 5.56 Å². The van der Waals surface area contributed by atoms with Crippen LogP contribution in [-0.4, -0.2) is 7.11 Å². The number of hydrogen-bond acceptors (Lipinski definition) is 3. The van der Waals surface area contributed by atoms with Crippen LogP contribution in [0, 0.1) is 11.3 Å². The molecule has 0 radical (unpaired) electrons. The van der Waals surface area contributed by atoms with Crippen molar-refractivity contribution in [1.29, 1.82) is 5.26 Å². The van der Waals surface area contributed by atoms with Crippen molar-refractivity contribution in [2.45, 2.75) is 13.3 Å². The van der Waals surface area contributed by atoms with Crippen molar-refractivity contribution in [2.24, 2.45) is 0 Å². The summed E-state index contributed by atoms with van der Waals surface area (Å²) in [6.45, 7) is 2.09. The topological polar surface area (TPSA) is 42.2 Å². The van der Waals surface area contributed by atoms with Gasteiger partial charge in [-0.15, -0.1) is 0 Å². The summed E-state index contributed by atoms with van der Waals surface area (Å²) in [5.74, 6) is 1.90. The molecule has 0 saturated carbocycles. The molecule has 2 aromatic rings. The van der Waals surface area contributed by atoms with Crippen LogP contribution in [0.1, 0.15) is 18.1 Å². The molecule has 0 unspecified atom stereocenters. The van der Waals surface area contributed by atoms with Gasteiger partial charge < -0.3 is 9.47 Å².